The van der Waals surface area contributed by atoms with Crippen molar-refractivity contribution < 1.29 is 4.79 Å². The van der Waals surface area contributed by atoms with Crippen molar-refractivity contribution in [2.75, 3.05) is 13.1 Å². The monoisotopic (exact) mass is 211 g/mol. The summed E-state index contributed by atoms with van der Waals surface area (Å²) in [5, 5.41) is 0. The molecule has 1 rings (SSSR count). The summed E-state index contributed by atoms with van der Waals surface area (Å²) >= 11 is 0. The van der Waals surface area contributed by atoms with E-state index < -0.39 is 0 Å². The van der Waals surface area contributed by atoms with Crippen molar-refractivity contribution >= 4 is 5.91 Å². The van der Waals surface area contributed by atoms with Gasteiger partial charge in [-0.2, -0.15) is 0 Å². The van der Waals surface area contributed by atoms with Crippen molar-refractivity contribution in [3.05, 3.63) is 0 Å². The normalized spacial score (nSPS) is 27.9. The van der Waals surface area contributed by atoms with Crippen LogP contribution in [0.25, 0.3) is 0 Å². The van der Waals surface area contributed by atoms with Gasteiger partial charge in [0.1, 0.15) is 0 Å². The summed E-state index contributed by atoms with van der Waals surface area (Å²) in [5.74, 6) is 1.79. The molecule has 0 saturated carbocycles. The quantitative estimate of drug-likeness (QED) is 0.653. The fourth-order valence-electron chi connectivity index (χ4n) is 2.46. The van der Waals surface area contributed by atoms with Crippen LogP contribution >= 0.6 is 0 Å². The summed E-state index contributed by atoms with van der Waals surface area (Å²) < 4.78 is 0. The lowest BCUT2D eigenvalue weighted by molar-refractivity contribution is -0.142. The first-order valence-electron chi connectivity index (χ1n) is 6.15. The van der Waals surface area contributed by atoms with Gasteiger partial charge in [-0.1, -0.05) is 41.0 Å². The highest BCUT2D eigenvalue weighted by molar-refractivity contribution is 5.81. The van der Waals surface area contributed by atoms with Gasteiger partial charge >= 0.3 is 0 Å². The van der Waals surface area contributed by atoms with Crippen LogP contribution in [0.2, 0.25) is 0 Å². The Kier molecular flexibility index (Phi) is 3.80. The van der Waals surface area contributed by atoms with Gasteiger partial charge in [-0.25, -0.2) is 0 Å². The lowest BCUT2D eigenvalue weighted by Crippen LogP contribution is -2.47. The molecule has 15 heavy (non-hydrogen) atoms. The van der Waals surface area contributed by atoms with Gasteiger partial charge in [0.2, 0.25) is 5.91 Å². The maximum atomic E-state index is 12.1. The van der Waals surface area contributed by atoms with Crippen LogP contribution in [-0.4, -0.2) is 23.9 Å². The van der Waals surface area contributed by atoms with Gasteiger partial charge in [-0.15, -0.1) is 0 Å². The molecule has 88 valence electrons. The van der Waals surface area contributed by atoms with Crippen molar-refractivity contribution in [3.8, 4) is 0 Å². The molecule has 0 radical (unpaired) electrons. The number of carbonyl (C=O) groups excluding carboxylic acids is 1. The molecule has 0 bridgehead atoms. The fraction of sp³-hybridized carbons (Fsp3) is 0.923. The molecule has 0 N–H and O–H groups in total. The van der Waals surface area contributed by atoms with Crippen LogP contribution in [0, 0.1) is 17.3 Å². The average Bonchev–Trinajstić information content (AvgIpc) is 2.15. The zero-order valence-corrected chi connectivity index (χ0v) is 10.8. The first-order chi connectivity index (χ1) is 6.86. The van der Waals surface area contributed by atoms with E-state index in [0.29, 0.717) is 11.8 Å². The zero-order valence-electron chi connectivity index (χ0n) is 10.8. The van der Waals surface area contributed by atoms with Crippen LogP contribution in [-0.2, 0) is 4.79 Å². The molecular weight excluding hydrogens is 186 g/mol. The number of nitrogens with zero attached hydrogens (tertiary/aromatic N) is 1. The van der Waals surface area contributed by atoms with Gasteiger partial charge in [0, 0.05) is 18.5 Å². The summed E-state index contributed by atoms with van der Waals surface area (Å²) in [4.78, 5) is 14.1. The molecule has 1 fully saturated rings. The minimum atomic E-state index is -0.223. The Labute approximate surface area is 94.0 Å². The van der Waals surface area contributed by atoms with Crippen molar-refractivity contribution in [1.29, 1.82) is 0 Å². The zero-order chi connectivity index (χ0) is 11.6. The fourth-order valence-corrected chi connectivity index (χ4v) is 2.46. The molecule has 2 unspecified atom stereocenters. The highest BCUT2D eigenvalue weighted by Crippen LogP contribution is 2.28. The number of hydrogen-bond acceptors (Lipinski definition) is 1. The lowest BCUT2D eigenvalue weighted by Gasteiger charge is -2.39. The summed E-state index contributed by atoms with van der Waals surface area (Å²) in [6, 6.07) is 0. The molecule has 2 atom stereocenters. The molecule has 1 aliphatic rings. The molecule has 2 heteroatoms. The third kappa shape index (κ3) is 2.96. The van der Waals surface area contributed by atoms with E-state index in [0.717, 1.165) is 19.0 Å². The third-order valence-corrected chi connectivity index (χ3v) is 3.54. The lowest BCUT2D eigenvalue weighted by atomic mass is 9.83. The van der Waals surface area contributed by atoms with E-state index in [1.807, 2.05) is 20.8 Å². The van der Waals surface area contributed by atoms with E-state index >= 15 is 0 Å². The largest absolute Gasteiger partial charge is 0.342 e. The summed E-state index contributed by atoms with van der Waals surface area (Å²) in [6.45, 7) is 12.5. The maximum Gasteiger partial charge on any atom is 0.227 e. The van der Waals surface area contributed by atoms with E-state index in [2.05, 4.69) is 18.7 Å². The van der Waals surface area contributed by atoms with Crippen molar-refractivity contribution in [2.45, 2.75) is 47.5 Å². The topological polar surface area (TPSA) is 20.3 Å². The van der Waals surface area contributed by atoms with E-state index in [1.54, 1.807) is 0 Å². The Bertz CT molecular complexity index is 229. The Morgan fingerprint density at radius 3 is 2.40 bits per heavy atom. The second kappa shape index (κ2) is 4.54. The maximum absolute atomic E-state index is 12.1. The van der Waals surface area contributed by atoms with E-state index in [1.165, 1.54) is 12.8 Å². The number of amides is 1. The van der Waals surface area contributed by atoms with Crippen LogP contribution in [0.4, 0.5) is 0 Å². The standard InChI is InChI=1S/C13H25NO/c1-6-11-7-8-14(9-10(11)2)12(15)13(3,4)5/h10-11H,6-9H2,1-5H3. The first-order valence-corrected chi connectivity index (χ1v) is 6.15. The molecule has 1 heterocycles. The van der Waals surface area contributed by atoms with Gasteiger partial charge in [-0.05, 0) is 18.3 Å². The molecule has 0 aromatic carbocycles. The van der Waals surface area contributed by atoms with Crippen molar-refractivity contribution in [3.63, 3.8) is 0 Å². The van der Waals surface area contributed by atoms with Gasteiger partial charge in [0.05, 0.1) is 0 Å². The summed E-state index contributed by atoms with van der Waals surface area (Å²) in [7, 11) is 0. The summed E-state index contributed by atoms with van der Waals surface area (Å²) in [5.41, 5.74) is -0.223. The molecule has 1 saturated heterocycles. The Morgan fingerprint density at radius 1 is 1.40 bits per heavy atom. The van der Waals surface area contributed by atoms with Crippen LogP contribution in [0.15, 0.2) is 0 Å². The Balaban J connectivity index is 2.58. The molecule has 1 aliphatic heterocycles. The highest BCUT2D eigenvalue weighted by Gasteiger charge is 2.32. The number of piperidine rings is 1. The predicted octanol–water partition coefficient (Wildman–Crippen LogP) is 2.93. The molecule has 0 aromatic heterocycles. The molecule has 1 amide bonds. The molecular formula is C13H25NO. The highest BCUT2D eigenvalue weighted by atomic mass is 16.2. The minimum absolute atomic E-state index is 0.223. The van der Waals surface area contributed by atoms with Crippen LogP contribution in [0.3, 0.4) is 0 Å². The van der Waals surface area contributed by atoms with Gasteiger partial charge in [-0.3, -0.25) is 4.79 Å². The molecule has 0 aromatic rings. The van der Waals surface area contributed by atoms with Crippen LogP contribution < -0.4 is 0 Å². The molecule has 2 nitrogen and oxygen atoms in total. The van der Waals surface area contributed by atoms with E-state index in [4.69, 9.17) is 0 Å². The van der Waals surface area contributed by atoms with Gasteiger partial charge < -0.3 is 4.90 Å². The Hall–Kier alpha value is -0.530. The van der Waals surface area contributed by atoms with E-state index in [-0.39, 0.29) is 5.41 Å². The second-order valence-corrected chi connectivity index (χ2v) is 5.94. The van der Waals surface area contributed by atoms with E-state index in [9.17, 15) is 4.79 Å². The Morgan fingerprint density at radius 2 is 2.00 bits per heavy atom. The SMILES string of the molecule is CCC1CCN(C(=O)C(C)(C)C)CC1C. The first kappa shape index (κ1) is 12.5. The average molecular weight is 211 g/mol. The van der Waals surface area contributed by atoms with Gasteiger partial charge in [0.25, 0.3) is 0 Å². The number of hydrogen-bond donors (Lipinski definition) is 0. The molecule has 0 spiro atoms. The second-order valence-electron chi connectivity index (χ2n) is 5.94. The smallest absolute Gasteiger partial charge is 0.227 e. The third-order valence-electron chi connectivity index (χ3n) is 3.54. The molecule has 0 aliphatic carbocycles. The van der Waals surface area contributed by atoms with Crippen LogP contribution in [0.5, 0.6) is 0 Å². The van der Waals surface area contributed by atoms with Crippen LogP contribution in [0.1, 0.15) is 47.5 Å². The number of carbonyl (C=O) groups is 1. The summed E-state index contributed by atoms with van der Waals surface area (Å²) in [6.07, 6.45) is 2.43. The number of rotatable bonds is 1. The van der Waals surface area contributed by atoms with Crippen molar-refractivity contribution in [2.24, 2.45) is 17.3 Å². The minimum Gasteiger partial charge on any atom is -0.342 e. The van der Waals surface area contributed by atoms with Crippen molar-refractivity contribution in [1.82, 2.24) is 4.90 Å². The van der Waals surface area contributed by atoms with Gasteiger partial charge in [0.15, 0.2) is 0 Å². The number of likely N-dealkylation sites (tertiary alicyclic amines) is 1. The predicted molar refractivity (Wildman–Crippen MR) is 63.6 cm³/mol.